The van der Waals surface area contributed by atoms with Crippen molar-refractivity contribution in [3.8, 4) is 5.75 Å². The molecule has 2 aliphatic rings. The second-order valence-electron chi connectivity index (χ2n) is 8.12. The zero-order chi connectivity index (χ0) is 22.5. The molecule has 2 aromatic carbocycles. The lowest BCUT2D eigenvalue weighted by atomic mass is 9.83. The average molecular weight is 456 g/mol. The van der Waals surface area contributed by atoms with Crippen LogP contribution in [-0.2, 0) is 6.42 Å². The topological polar surface area (TPSA) is 26.5 Å². The molecule has 162 valence electrons. The predicted molar refractivity (Wildman–Crippen MR) is 132 cm³/mol. The van der Waals surface area contributed by atoms with Crippen molar-refractivity contribution in [3.05, 3.63) is 99.7 Å². The van der Waals surface area contributed by atoms with E-state index in [1.165, 1.54) is 22.5 Å². The number of thiophene rings is 1. The first-order valence-electron chi connectivity index (χ1n) is 10.8. The Morgan fingerprint density at radius 3 is 2.70 bits per heavy atom. The van der Waals surface area contributed by atoms with Crippen molar-refractivity contribution >= 4 is 46.3 Å². The molecule has 0 fully saturated rings. The van der Waals surface area contributed by atoms with Gasteiger partial charge in [-0.15, -0.1) is 11.3 Å². The van der Waals surface area contributed by atoms with E-state index in [1.807, 2.05) is 41.8 Å². The van der Waals surface area contributed by atoms with Gasteiger partial charge in [0.1, 0.15) is 5.75 Å². The number of allylic oxidation sites excluding steroid dienone is 2. The molecule has 0 amide bonds. The third-order valence-corrected chi connectivity index (χ3v) is 7.17. The summed E-state index contributed by atoms with van der Waals surface area (Å²) in [6, 6.07) is 19.7. The van der Waals surface area contributed by atoms with Gasteiger partial charge in [-0.1, -0.05) is 30.3 Å². The number of ether oxygens (including phenoxy) is 1. The number of fused-ring (bicyclic) bond motifs is 4. The number of aryl methyl sites for hydroxylation is 1. The van der Waals surface area contributed by atoms with Gasteiger partial charge in [-0.05, 0) is 71.3 Å². The Morgan fingerprint density at radius 2 is 1.91 bits per heavy atom. The SMILES string of the molecule is COc1ccc2c(c1)CCC1=C(c3ccccc3)/C(=C/c3cc4sccc4n3B(F)F)N=C12. The molecule has 0 saturated heterocycles. The first kappa shape index (κ1) is 20.2. The largest absolute Gasteiger partial charge is 0.678 e. The fraction of sp³-hybridized carbons (Fsp3) is 0.115. The van der Waals surface area contributed by atoms with Crippen molar-refractivity contribution in [2.45, 2.75) is 12.8 Å². The van der Waals surface area contributed by atoms with Crippen LogP contribution in [-0.4, -0.2) is 24.7 Å². The van der Waals surface area contributed by atoms with E-state index in [2.05, 4.69) is 24.3 Å². The van der Waals surface area contributed by atoms with Gasteiger partial charge in [0.2, 0.25) is 0 Å². The zero-order valence-electron chi connectivity index (χ0n) is 17.9. The summed E-state index contributed by atoms with van der Waals surface area (Å²) in [5.74, 6) is 0.827. The molecule has 0 N–H and O–H groups in total. The first-order chi connectivity index (χ1) is 16.1. The summed E-state index contributed by atoms with van der Waals surface area (Å²) < 4.78 is 35.3. The minimum Gasteiger partial charge on any atom is -0.497 e. The van der Waals surface area contributed by atoms with Gasteiger partial charge in [0, 0.05) is 16.8 Å². The Kier molecular flexibility index (Phi) is 4.80. The van der Waals surface area contributed by atoms with Crippen molar-refractivity contribution < 1.29 is 13.4 Å². The summed E-state index contributed by atoms with van der Waals surface area (Å²) in [7, 11) is -0.957. The standard InChI is InChI=1S/C26H19BF2N2OS/c1-32-19-8-10-20-17(13-19)7-9-21-25(16-5-3-2-4-6-16)22(30-26(20)21)14-18-15-24-23(11-12-33-24)31(18)27(28)29/h2-6,8,10-15H,7,9H2,1H3/b22-14-. The van der Waals surface area contributed by atoms with Crippen LogP contribution in [0.25, 0.3) is 21.9 Å². The lowest BCUT2D eigenvalue weighted by molar-refractivity contribution is 0.414. The molecule has 1 aliphatic carbocycles. The molecule has 33 heavy (non-hydrogen) atoms. The number of hydrogen-bond acceptors (Lipinski definition) is 3. The third-order valence-electron chi connectivity index (χ3n) is 6.32. The van der Waals surface area contributed by atoms with Gasteiger partial charge in [0.15, 0.2) is 0 Å². The molecule has 0 spiro atoms. The Balaban J connectivity index is 1.57. The summed E-state index contributed by atoms with van der Waals surface area (Å²) in [5.41, 5.74) is 8.19. The Hall–Kier alpha value is -3.45. The average Bonchev–Trinajstić information content (AvgIpc) is 3.51. The van der Waals surface area contributed by atoms with E-state index in [4.69, 9.17) is 9.73 Å². The van der Waals surface area contributed by atoms with E-state index in [0.29, 0.717) is 11.2 Å². The van der Waals surface area contributed by atoms with Crippen molar-refractivity contribution in [1.82, 2.24) is 4.48 Å². The number of halogens is 2. The molecule has 0 atom stereocenters. The maximum absolute atomic E-state index is 14.0. The maximum atomic E-state index is 14.0. The summed E-state index contributed by atoms with van der Waals surface area (Å²) in [6.07, 6.45) is 3.53. The second kappa shape index (κ2) is 7.85. The second-order valence-corrected chi connectivity index (χ2v) is 9.07. The molecule has 7 heteroatoms. The molecule has 3 heterocycles. The van der Waals surface area contributed by atoms with E-state index in [-0.39, 0.29) is 0 Å². The van der Waals surface area contributed by atoms with Crippen LogP contribution in [0.4, 0.5) is 8.63 Å². The summed E-state index contributed by atoms with van der Waals surface area (Å²) in [6.45, 7) is 0. The molecule has 3 nitrogen and oxygen atoms in total. The molecule has 0 saturated carbocycles. The van der Waals surface area contributed by atoms with Gasteiger partial charge < -0.3 is 9.21 Å². The molecular weight excluding hydrogens is 437 g/mol. The Morgan fingerprint density at radius 1 is 1.06 bits per heavy atom. The fourth-order valence-corrected chi connectivity index (χ4v) is 5.66. The van der Waals surface area contributed by atoms with E-state index in [0.717, 1.165) is 55.9 Å². The molecule has 0 bridgehead atoms. The first-order valence-corrected chi connectivity index (χ1v) is 11.7. The fourth-order valence-electron chi connectivity index (χ4n) is 4.84. The van der Waals surface area contributed by atoms with Gasteiger partial charge in [0.05, 0.1) is 28.7 Å². The van der Waals surface area contributed by atoms with Crippen LogP contribution in [0, 0.1) is 0 Å². The monoisotopic (exact) mass is 456 g/mol. The van der Waals surface area contributed by atoms with Gasteiger partial charge in [-0.3, -0.25) is 8.63 Å². The zero-order valence-corrected chi connectivity index (χ0v) is 18.7. The van der Waals surface area contributed by atoms with E-state index < -0.39 is 7.40 Å². The minimum atomic E-state index is -2.62. The van der Waals surface area contributed by atoms with Crippen molar-refractivity contribution in [2.24, 2.45) is 4.99 Å². The Labute approximate surface area is 194 Å². The van der Waals surface area contributed by atoms with E-state index in [9.17, 15) is 8.63 Å². The van der Waals surface area contributed by atoms with Crippen LogP contribution in [0.2, 0.25) is 0 Å². The van der Waals surface area contributed by atoms with Crippen LogP contribution in [0.15, 0.2) is 82.3 Å². The number of rotatable bonds is 4. The van der Waals surface area contributed by atoms with Crippen LogP contribution in [0.1, 0.15) is 28.8 Å². The van der Waals surface area contributed by atoms with Gasteiger partial charge in [-0.2, -0.15) is 0 Å². The minimum absolute atomic E-state index is 0.467. The van der Waals surface area contributed by atoms with Gasteiger partial charge >= 0.3 is 7.40 Å². The molecule has 1 aliphatic heterocycles. The van der Waals surface area contributed by atoms with Gasteiger partial charge in [0.25, 0.3) is 0 Å². The highest BCUT2D eigenvalue weighted by Gasteiger charge is 2.31. The van der Waals surface area contributed by atoms with Crippen molar-refractivity contribution in [3.63, 3.8) is 0 Å². The third kappa shape index (κ3) is 3.26. The van der Waals surface area contributed by atoms with Gasteiger partial charge in [-0.25, -0.2) is 4.99 Å². The summed E-state index contributed by atoms with van der Waals surface area (Å²) in [4.78, 5) is 5.02. The molecule has 0 radical (unpaired) electrons. The number of benzene rings is 2. The lowest BCUT2D eigenvalue weighted by Gasteiger charge is -2.20. The highest BCUT2D eigenvalue weighted by molar-refractivity contribution is 7.17. The molecule has 0 unspecified atom stereocenters. The van der Waals surface area contributed by atoms with Crippen molar-refractivity contribution in [2.75, 3.05) is 7.11 Å². The molecule has 4 aromatic rings. The van der Waals surface area contributed by atoms with Crippen LogP contribution < -0.4 is 4.74 Å². The Bertz CT molecular complexity index is 1480. The predicted octanol–water partition coefficient (Wildman–Crippen LogP) is 6.73. The normalized spacial score (nSPS) is 16.2. The lowest BCUT2D eigenvalue weighted by Crippen LogP contribution is -2.14. The molecule has 2 aromatic heterocycles. The van der Waals surface area contributed by atoms with E-state index in [1.54, 1.807) is 13.2 Å². The van der Waals surface area contributed by atoms with E-state index >= 15 is 0 Å². The quantitative estimate of drug-likeness (QED) is 0.313. The van der Waals surface area contributed by atoms with Crippen LogP contribution in [0.5, 0.6) is 5.75 Å². The number of aliphatic imine (C=N–C) groups is 1. The summed E-state index contributed by atoms with van der Waals surface area (Å²) >= 11 is 1.47. The molecule has 6 rings (SSSR count). The smallest absolute Gasteiger partial charge is 0.497 e. The maximum Gasteiger partial charge on any atom is 0.678 e. The highest BCUT2D eigenvalue weighted by atomic mass is 32.1. The number of hydrogen-bond donors (Lipinski definition) is 0. The number of methoxy groups -OCH3 is 1. The highest BCUT2D eigenvalue weighted by Crippen LogP contribution is 2.43. The number of aromatic nitrogens is 1. The van der Waals surface area contributed by atoms with Crippen LogP contribution >= 0.6 is 11.3 Å². The number of nitrogens with zero attached hydrogens (tertiary/aromatic N) is 2. The van der Waals surface area contributed by atoms with Crippen molar-refractivity contribution in [1.29, 1.82) is 0 Å². The van der Waals surface area contributed by atoms with Crippen LogP contribution in [0.3, 0.4) is 0 Å². The molecular formula is C26H19BF2N2OS. The summed E-state index contributed by atoms with van der Waals surface area (Å²) in [5, 5.41) is 1.84.